The van der Waals surface area contributed by atoms with Crippen LogP contribution >= 0.6 is 0 Å². The third-order valence-electron chi connectivity index (χ3n) is 4.79. The Balaban J connectivity index is 2.08. The van der Waals surface area contributed by atoms with Crippen molar-refractivity contribution in [2.24, 2.45) is 5.92 Å². The van der Waals surface area contributed by atoms with Crippen LogP contribution in [-0.2, 0) is 4.79 Å². The molecular formula is C23H29N3O7. The van der Waals surface area contributed by atoms with Gasteiger partial charge in [0.1, 0.15) is 17.5 Å². The third kappa shape index (κ3) is 6.52. The van der Waals surface area contributed by atoms with Gasteiger partial charge >= 0.3 is 0 Å². The number of ether oxygens (including phenoxy) is 4. The van der Waals surface area contributed by atoms with Crippen molar-refractivity contribution >= 4 is 17.7 Å². The average molecular weight is 459 g/mol. The predicted molar refractivity (Wildman–Crippen MR) is 121 cm³/mol. The third-order valence-corrected chi connectivity index (χ3v) is 4.79. The summed E-state index contributed by atoms with van der Waals surface area (Å²) in [4.78, 5) is 38.0. The number of hydrazine groups is 1. The minimum atomic E-state index is -0.916. The molecule has 0 heterocycles. The van der Waals surface area contributed by atoms with Crippen LogP contribution in [0.1, 0.15) is 34.6 Å². The van der Waals surface area contributed by atoms with E-state index in [4.69, 9.17) is 18.9 Å². The summed E-state index contributed by atoms with van der Waals surface area (Å²) >= 11 is 0. The Kier molecular flexibility index (Phi) is 8.90. The number of hydrogen-bond acceptors (Lipinski definition) is 7. The molecule has 0 spiro atoms. The largest absolute Gasteiger partial charge is 0.497 e. The van der Waals surface area contributed by atoms with Crippen LogP contribution in [0.5, 0.6) is 23.0 Å². The van der Waals surface area contributed by atoms with Crippen LogP contribution in [-0.4, -0.2) is 52.2 Å². The lowest BCUT2D eigenvalue weighted by Crippen LogP contribution is -2.54. The summed E-state index contributed by atoms with van der Waals surface area (Å²) in [7, 11) is 5.89. The second-order valence-corrected chi connectivity index (χ2v) is 7.31. The molecule has 0 aliphatic carbocycles. The minimum absolute atomic E-state index is 0.251. The molecule has 0 bridgehead atoms. The van der Waals surface area contributed by atoms with Crippen molar-refractivity contribution in [2.75, 3.05) is 28.4 Å². The second-order valence-electron chi connectivity index (χ2n) is 7.31. The Morgan fingerprint density at radius 3 is 1.82 bits per heavy atom. The summed E-state index contributed by atoms with van der Waals surface area (Å²) in [5.74, 6) is -0.184. The first-order valence-corrected chi connectivity index (χ1v) is 10.1. The standard InChI is InChI=1S/C23H29N3O7/c1-13(2)20(24-21(27)15-9-16(30-3)12-17(10-15)31-4)23(29)26-25-22(28)14-7-8-18(32-5)19(11-14)33-6/h7-13,20H,1-6H3,(H,24,27)(H,25,28)(H,26,29)/t20-/m0/s1. The normalized spacial score (nSPS) is 11.2. The summed E-state index contributed by atoms with van der Waals surface area (Å²) < 4.78 is 20.7. The Morgan fingerprint density at radius 2 is 1.30 bits per heavy atom. The molecule has 10 heteroatoms. The molecule has 178 valence electrons. The van der Waals surface area contributed by atoms with Crippen LogP contribution in [0.3, 0.4) is 0 Å². The molecule has 0 aliphatic rings. The van der Waals surface area contributed by atoms with Crippen molar-refractivity contribution in [1.82, 2.24) is 16.2 Å². The van der Waals surface area contributed by atoms with Gasteiger partial charge in [0.05, 0.1) is 28.4 Å². The SMILES string of the molecule is COc1cc(OC)cc(C(=O)N[C@H](C(=O)NNC(=O)c2ccc(OC)c(OC)c2)C(C)C)c1. The number of methoxy groups -OCH3 is 4. The molecule has 0 aliphatic heterocycles. The molecule has 1 atom stereocenters. The maximum absolute atomic E-state index is 12.8. The summed E-state index contributed by atoms with van der Waals surface area (Å²) in [6.45, 7) is 3.54. The molecule has 0 saturated heterocycles. The van der Waals surface area contributed by atoms with E-state index in [0.717, 1.165) is 0 Å². The van der Waals surface area contributed by atoms with E-state index in [0.29, 0.717) is 23.0 Å². The predicted octanol–water partition coefficient (Wildman–Crippen LogP) is 1.94. The smallest absolute Gasteiger partial charge is 0.269 e. The molecule has 2 aromatic carbocycles. The molecule has 0 fully saturated rings. The number of carbonyl (C=O) groups is 3. The quantitative estimate of drug-likeness (QED) is 0.490. The molecule has 2 rings (SSSR count). The van der Waals surface area contributed by atoms with E-state index in [2.05, 4.69) is 16.2 Å². The lowest BCUT2D eigenvalue weighted by molar-refractivity contribution is -0.124. The molecule has 0 aromatic heterocycles. The van der Waals surface area contributed by atoms with Crippen LogP contribution in [0.15, 0.2) is 36.4 Å². The van der Waals surface area contributed by atoms with Gasteiger partial charge in [0.2, 0.25) is 0 Å². The van der Waals surface area contributed by atoms with Crippen LogP contribution in [0.25, 0.3) is 0 Å². The molecule has 0 saturated carbocycles. The van der Waals surface area contributed by atoms with E-state index in [9.17, 15) is 14.4 Å². The monoisotopic (exact) mass is 459 g/mol. The van der Waals surface area contributed by atoms with Crippen molar-refractivity contribution in [2.45, 2.75) is 19.9 Å². The molecule has 0 radical (unpaired) electrons. The van der Waals surface area contributed by atoms with Gasteiger partial charge in [-0.05, 0) is 36.2 Å². The zero-order valence-electron chi connectivity index (χ0n) is 19.5. The fraction of sp³-hybridized carbons (Fsp3) is 0.348. The molecule has 33 heavy (non-hydrogen) atoms. The summed E-state index contributed by atoms with van der Waals surface area (Å²) in [6, 6.07) is 8.37. The van der Waals surface area contributed by atoms with Crippen molar-refractivity contribution in [3.05, 3.63) is 47.5 Å². The Hall–Kier alpha value is -3.95. The highest BCUT2D eigenvalue weighted by Gasteiger charge is 2.26. The van der Waals surface area contributed by atoms with Crippen molar-refractivity contribution in [1.29, 1.82) is 0 Å². The van der Waals surface area contributed by atoms with Gasteiger partial charge in [-0.15, -0.1) is 0 Å². The van der Waals surface area contributed by atoms with Gasteiger partial charge in [0.25, 0.3) is 17.7 Å². The van der Waals surface area contributed by atoms with E-state index in [1.807, 2.05) is 0 Å². The summed E-state index contributed by atoms with van der Waals surface area (Å²) in [6.07, 6.45) is 0. The minimum Gasteiger partial charge on any atom is -0.497 e. The molecule has 3 N–H and O–H groups in total. The topological polar surface area (TPSA) is 124 Å². The van der Waals surface area contributed by atoms with Crippen LogP contribution < -0.4 is 35.1 Å². The van der Waals surface area contributed by atoms with Gasteiger partial charge in [0, 0.05) is 17.2 Å². The van der Waals surface area contributed by atoms with Gasteiger partial charge in [0.15, 0.2) is 11.5 Å². The van der Waals surface area contributed by atoms with Crippen molar-refractivity contribution in [3.63, 3.8) is 0 Å². The number of nitrogens with one attached hydrogen (secondary N) is 3. The molecule has 10 nitrogen and oxygen atoms in total. The number of carbonyl (C=O) groups excluding carboxylic acids is 3. The van der Waals surface area contributed by atoms with E-state index in [-0.39, 0.29) is 17.0 Å². The van der Waals surface area contributed by atoms with E-state index in [1.54, 1.807) is 26.0 Å². The Morgan fingerprint density at radius 1 is 0.697 bits per heavy atom. The van der Waals surface area contributed by atoms with Gasteiger partial charge in [-0.25, -0.2) is 0 Å². The maximum atomic E-state index is 12.8. The summed E-state index contributed by atoms with van der Waals surface area (Å²) in [5, 5.41) is 2.68. The van der Waals surface area contributed by atoms with Gasteiger partial charge in [-0.3, -0.25) is 25.2 Å². The highest BCUT2D eigenvalue weighted by Crippen LogP contribution is 2.27. The fourth-order valence-corrected chi connectivity index (χ4v) is 2.94. The maximum Gasteiger partial charge on any atom is 0.269 e. The van der Waals surface area contributed by atoms with Gasteiger partial charge in [-0.1, -0.05) is 13.8 Å². The van der Waals surface area contributed by atoms with Crippen LogP contribution in [0.2, 0.25) is 0 Å². The first-order valence-electron chi connectivity index (χ1n) is 10.1. The first-order chi connectivity index (χ1) is 15.7. The molecular weight excluding hydrogens is 430 g/mol. The fourth-order valence-electron chi connectivity index (χ4n) is 2.94. The van der Waals surface area contributed by atoms with Crippen molar-refractivity contribution < 1.29 is 33.3 Å². The second kappa shape index (κ2) is 11.6. The summed E-state index contributed by atoms with van der Waals surface area (Å²) in [5.41, 5.74) is 5.22. The van der Waals surface area contributed by atoms with Crippen LogP contribution in [0, 0.1) is 5.92 Å². The molecule has 3 amide bonds. The molecule has 0 unspecified atom stereocenters. The Labute approximate surface area is 192 Å². The number of hydrogen-bond donors (Lipinski definition) is 3. The Bertz CT molecular complexity index is 985. The van der Waals surface area contributed by atoms with Gasteiger partial charge in [-0.2, -0.15) is 0 Å². The van der Waals surface area contributed by atoms with Gasteiger partial charge < -0.3 is 24.3 Å². The highest BCUT2D eigenvalue weighted by molar-refractivity contribution is 5.99. The van der Waals surface area contributed by atoms with E-state index < -0.39 is 23.8 Å². The number of benzene rings is 2. The lowest BCUT2D eigenvalue weighted by Gasteiger charge is -2.22. The number of amides is 3. The molecule has 2 aromatic rings. The van der Waals surface area contributed by atoms with E-state index in [1.165, 1.54) is 52.7 Å². The lowest BCUT2D eigenvalue weighted by atomic mass is 10.0. The number of rotatable bonds is 9. The highest BCUT2D eigenvalue weighted by atomic mass is 16.5. The van der Waals surface area contributed by atoms with E-state index >= 15 is 0 Å². The van der Waals surface area contributed by atoms with Crippen molar-refractivity contribution in [3.8, 4) is 23.0 Å². The average Bonchev–Trinajstić information content (AvgIpc) is 2.84. The zero-order valence-corrected chi connectivity index (χ0v) is 19.5. The first kappa shape index (κ1) is 25.3. The zero-order chi connectivity index (χ0) is 24.5. The van der Waals surface area contributed by atoms with Crippen LogP contribution in [0.4, 0.5) is 0 Å².